The van der Waals surface area contributed by atoms with Crippen LogP contribution in [0.3, 0.4) is 0 Å². The highest BCUT2D eigenvalue weighted by atomic mass is 19.1. The highest BCUT2D eigenvalue weighted by Gasteiger charge is 2.23. The van der Waals surface area contributed by atoms with E-state index in [0.717, 1.165) is 18.7 Å². The Balaban J connectivity index is 1.54. The van der Waals surface area contributed by atoms with Gasteiger partial charge in [0.05, 0.1) is 13.0 Å². The Morgan fingerprint density at radius 3 is 2.71 bits per heavy atom. The van der Waals surface area contributed by atoms with Crippen molar-refractivity contribution < 1.29 is 13.9 Å². The van der Waals surface area contributed by atoms with Gasteiger partial charge < -0.3 is 9.64 Å². The minimum Gasteiger partial charge on any atom is -0.493 e. The van der Waals surface area contributed by atoms with E-state index in [1.54, 1.807) is 12.1 Å². The highest BCUT2D eigenvalue weighted by molar-refractivity contribution is 5.95. The molecule has 0 saturated carbocycles. The van der Waals surface area contributed by atoms with E-state index in [9.17, 15) is 9.18 Å². The number of hydrogen-bond donors (Lipinski definition) is 0. The fourth-order valence-electron chi connectivity index (χ4n) is 2.52. The second kappa shape index (κ2) is 5.95. The molecule has 2 aromatic carbocycles. The van der Waals surface area contributed by atoms with Crippen molar-refractivity contribution >= 4 is 11.6 Å². The minimum atomic E-state index is -0.299. The number of carbonyl (C=O) groups is 1. The summed E-state index contributed by atoms with van der Waals surface area (Å²) in [5, 5.41) is 0. The summed E-state index contributed by atoms with van der Waals surface area (Å²) in [7, 11) is 0. The Hall–Kier alpha value is -2.36. The van der Waals surface area contributed by atoms with Crippen LogP contribution in [0.25, 0.3) is 0 Å². The lowest BCUT2D eigenvalue weighted by atomic mass is 10.2. The number of para-hydroxylation sites is 1. The van der Waals surface area contributed by atoms with E-state index in [2.05, 4.69) is 6.07 Å². The number of benzene rings is 2. The van der Waals surface area contributed by atoms with Gasteiger partial charge in [-0.3, -0.25) is 4.79 Å². The van der Waals surface area contributed by atoms with Crippen LogP contribution in [0.15, 0.2) is 48.5 Å². The third-order valence-electron chi connectivity index (χ3n) is 3.59. The number of hydrogen-bond acceptors (Lipinski definition) is 2. The second-order valence-corrected chi connectivity index (χ2v) is 4.98. The molecular weight excluding hydrogens is 269 g/mol. The number of nitrogens with zero attached hydrogens (tertiary/aromatic N) is 1. The Kier molecular flexibility index (Phi) is 3.86. The Morgan fingerprint density at radius 2 is 1.90 bits per heavy atom. The molecule has 0 fully saturated rings. The quantitative estimate of drug-likeness (QED) is 0.863. The third-order valence-corrected chi connectivity index (χ3v) is 3.59. The number of amides is 1. The zero-order valence-corrected chi connectivity index (χ0v) is 11.6. The van der Waals surface area contributed by atoms with Gasteiger partial charge in [0, 0.05) is 12.2 Å². The number of ether oxygens (including phenoxy) is 1. The number of fused-ring (bicyclic) bond motifs is 1. The van der Waals surface area contributed by atoms with Crippen molar-refractivity contribution in [2.75, 3.05) is 18.1 Å². The first kappa shape index (κ1) is 13.6. The van der Waals surface area contributed by atoms with Crippen molar-refractivity contribution in [1.29, 1.82) is 0 Å². The normalized spacial score (nSPS) is 13.1. The summed E-state index contributed by atoms with van der Waals surface area (Å²) in [6.07, 6.45) is 1.21. The largest absolute Gasteiger partial charge is 0.493 e. The second-order valence-electron chi connectivity index (χ2n) is 4.98. The molecule has 0 radical (unpaired) electrons. The highest BCUT2D eigenvalue weighted by Crippen LogP contribution is 2.27. The summed E-state index contributed by atoms with van der Waals surface area (Å²) in [6.45, 7) is 1.03. The predicted octanol–water partition coefficient (Wildman–Crippen LogP) is 3.18. The van der Waals surface area contributed by atoms with Crippen LogP contribution < -0.4 is 9.64 Å². The van der Waals surface area contributed by atoms with Crippen LogP contribution in [0.5, 0.6) is 5.75 Å². The first-order valence-corrected chi connectivity index (χ1v) is 7.01. The fraction of sp³-hybridized carbons (Fsp3) is 0.235. The van der Waals surface area contributed by atoms with Crippen LogP contribution in [0.4, 0.5) is 10.1 Å². The summed E-state index contributed by atoms with van der Waals surface area (Å²) >= 11 is 0. The molecule has 0 unspecified atom stereocenters. The molecule has 1 aliphatic rings. The van der Waals surface area contributed by atoms with Crippen LogP contribution in [0.1, 0.15) is 12.0 Å². The van der Waals surface area contributed by atoms with E-state index in [1.807, 2.05) is 23.1 Å². The molecule has 3 rings (SSSR count). The molecule has 0 bridgehead atoms. The van der Waals surface area contributed by atoms with E-state index >= 15 is 0 Å². The molecule has 108 valence electrons. The zero-order valence-electron chi connectivity index (χ0n) is 11.6. The van der Waals surface area contributed by atoms with Gasteiger partial charge in [0.15, 0.2) is 0 Å². The minimum absolute atomic E-state index is 0.0575. The molecule has 21 heavy (non-hydrogen) atoms. The maximum absolute atomic E-state index is 12.8. The van der Waals surface area contributed by atoms with Crippen LogP contribution in [-0.4, -0.2) is 19.1 Å². The summed E-state index contributed by atoms with van der Waals surface area (Å²) in [4.78, 5) is 14.0. The molecule has 1 aliphatic heterocycles. The molecule has 0 spiro atoms. The Morgan fingerprint density at radius 1 is 1.14 bits per heavy atom. The van der Waals surface area contributed by atoms with Gasteiger partial charge in [0.2, 0.25) is 5.91 Å². The van der Waals surface area contributed by atoms with Crippen LogP contribution in [0, 0.1) is 5.82 Å². The standard InChI is InChI=1S/C17H16FNO2/c18-14-5-7-15(8-6-14)21-12-10-17(20)19-11-9-13-3-1-2-4-16(13)19/h1-8H,9-12H2. The number of rotatable bonds is 4. The Labute approximate surface area is 123 Å². The summed E-state index contributed by atoms with van der Waals surface area (Å²) in [5.41, 5.74) is 2.22. The molecule has 4 heteroatoms. The van der Waals surface area contributed by atoms with E-state index in [-0.39, 0.29) is 11.7 Å². The summed E-state index contributed by atoms with van der Waals surface area (Å²) in [5.74, 6) is 0.334. The van der Waals surface area contributed by atoms with Gasteiger partial charge in [0.25, 0.3) is 0 Å². The molecule has 0 aliphatic carbocycles. The van der Waals surface area contributed by atoms with Crippen LogP contribution in [-0.2, 0) is 11.2 Å². The molecule has 0 saturated heterocycles. The molecule has 0 atom stereocenters. The van der Waals surface area contributed by atoms with Crippen molar-refractivity contribution in [1.82, 2.24) is 0 Å². The van der Waals surface area contributed by atoms with E-state index in [1.165, 1.54) is 17.7 Å². The molecule has 1 heterocycles. The number of carbonyl (C=O) groups excluding carboxylic acids is 1. The van der Waals surface area contributed by atoms with Crippen LogP contribution in [0.2, 0.25) is 0 Å². The van der Waals surface area contributed by atoms with E-state index < -0.39 is 0 Å². The number of anilines is 1. The molecule has 0 N–H and O–H groups in total. The van der Waals surface area contributed by atoms with Gasteiger partial charge in [-0.25, -0.2) is 4.39 Å². The van der Waals surface area contributed by atoms with Crippen molar-refractivity contribution in [2.24, 2.45) is 0 Å². The van der Waals surface area contributed by atoms with Crippen molar-refractivity contribution in [3.63, 3.8) is 0 Å². The van der Waals surface area contributed by atoms with Gasteiger partial charge in [0.1, 0.15) is 11.6 Å². The van der Waals surface area contributed by atoms with E-state index in [4.69, 9.17) is 4.74 Å². The van der Waals surface area contributed by atoms with Crippen molar-refractivity contribution in [2.45, 2.75) is 12.8 Å². The average molecular weight is 285 g/mol. The van der Waals surface area contributed by atoms with E-state index in [0.29, 0.717) is 18.8 Å². The fourth-order valence-corrected chi connectivity index (χ4v) is 2.52. The Bertz CT molecular complexity index is 639. The topological polar surface area (TPSA) is 29.5 Å². The first-order valence-electron chi connectivity index (χ1n) is 7.01. The maximum atomic E-state index is 12.8. The van der Waals surface area contributed by atoms with Crippen LogP contribution >= 0.6 is 0 Å². The molecule has 2 aromatic rings. The molecular formula is C17H16FNO2. The van der Waals surface area contributed by atoms with Gasteiger partial charge in [-0.1, -0.05) is 18.2 Å². The summed E-state index contributed by atoms with van der Waals surface area (Å²) < 4.78 is 18.2. The van der Waals surface area contributed by atoms with Gasteiger partial charge in [-0.15, -0.1) is 0 Å². The van der Waals surface area contributed by atoms with Gasteiger partial charge >= 0.3 is 0 Å². The monoisotopic (exact) mass is 285 g/mol. The summed E-state index contributed by atoms with van der Waals surface area (Å²) in [6, 6.07) is 13.8. The lowest BCUT2D eigenvalue weighted by Crippen LogP contribution is -2.30. The maximum Gasteiger partial charge on any atom is 0.230 e. The SMILES string of the molecule is O=C(CCOc1ccc(F)cc1)N1CCc2ccccc21. The average Bonchev–Trinajstić information content (AvgIpc) is 2.93. The van der Waals surface area contributed by atoms with Crippen molar-refractivity contribution in [3.05, 3.63) is 59.9 Å². The lowest BCUT2D eigenvalue weighted by molar-refractivity contribution is -0.119. The molecule has 0 aromatic heterocycles. The van der Waals surface area contributed by atoms with Gasteiger partial charge in [-0.2, -0.15) is 0 Å². The number of halogens is 1. The van der Waals surface area contributed by atoms with Crippen molar-refractivity contribution in [3.8, 4) is 5.75 Å². The lowest BCUT2D eigenvalue weighted by Gasteiger charge is -2.17. The first-order chi connectivity index (χ1) is 10.2. The third kappa shape index (κ3) is 3.05. The zero-order chi connectivity index (χ0) is 14.7. The van der Waals surface area contributed by atoms with Gasteiger partial charge in [-0.05, 0) is 42.3 Å². The molecule has 3 nitrogen and oxygen atoms in total. The smallest absolute Gasteiger partial charge is 0.230 e. The molecule has 1 amide bonds. The predicted molar refractivity (Wildman–Crippen MR) is 79.0 cm³/mol.